The van der Waals surface area contributed by atoms with Crippen molar-refractivity contribution in [2.24, 2.45) is 0 Å². The summed E-state index contributed by atoms with van der Waals surface area (Å²) in [4.78, 5) is 8.37. The Labute approximate surface area is 112 Å². The molecule has 0 bridgehead atoms. The van der Waals surface area contributed by atoms with Gasteiger partial charge in [-0.05, 0) is 31.9 Å². The molecule has 4 heteroatoms. The molecule has 1 unspecified atom stereocenters. The Morgan fingerprint density at radius 2 is 1.89 bits per heavy atom. The number of hydrogen-bond acceptors (Lipinski definition) is 3. The third kappa shape index (κ3) is 2.99. The molecule has 94 valence electrons. The average molecular weight is 262 g/mol. The predicted molar refractivity (Wildman–Crippen MR) is 75.0 cm³/mol. The van der Waals surface area contributed by atoms with Gasteiger partial charge in [0, 0.05) is 6.07 Å². The number of anilines is 1. The number of nitrogens with one attached hydrogen (secondary N) is 1. The zero-order valence-corrected chi connectivity index (χ0v) is 11.5. The molecular formula is C14H16ClN3. The van der Waals surface area contributed by atoms with Gasteiger partial charge in [0.15, 0.2) is 0 Å². The van der Waals surface area contributed by atoms with Gasteiger partial charge in [0.2, 0.25) is 0 Å². The molecule has 0 aliphatic carbocycles. The maximum absolute atomic E-state index is 5.92. The van der Waals surface area contributed by atoms with Crippen LogP contribution in [0.3, 0.4) is 0 Å². The van der Waals surface area contributed by atoms with Gasteiger partial charge in [-0.1, -0.05) is 35.9 Å². The summed E-state index contributed by atoms with van der Waals surface area (Å²) in [6, 6.07) is 10.2. The van der Waals surface area contributed by atoms with Crippen molar-refractivity contribution in [1.29, 1.82) is 0 Å². The Kier molecular flexibility index (Phi) is 3.82. The maximum Gasteiger partial charge on any atom is 0.134 e. The molecule has 3 nitrogen and oxygen atoms in total. The second kappa shape index (κ2) is 5.36. The summed E-state index contributed by atoms with van der Waals surface area (Å²) in [5, 5.41) is 3.81. The fourth-order valence-electron chi connectivity index (χ4n) is 1.98. The van der Waals surface area contributed by atoms with E-state index in [0.29, 0.717) is 11.0 Å². The molecule has 1 heterocycles. The lowest BCUT2D eigenvalue weighted by Crippen LogP contribution is -2.10. The van der Waals surface area contributed by atoms with Crippen LogP contribution < -0.4 is 5.32 Å². The molecule has 0 amide bonds. The number of nitrogens with zero attached hydrogens (tertiary/aromatic N) is 2. The minimum atomic E-state index is 0.177. The highest BCUT2D eigenvalue weighted by molar-refractivity contribution is 6.29. The summed E-state index contributed by atoms with van der Waals surface area (Å²) >= 11 is 5.92. The number of aromatic nitrogens is 2. The van der Waals surface area contributed by atoms with E-state index in [1.165, 1.54) is 11.1 Å². The topological polar surface area (TPSA) is 37.8 Å². The first kappa shape index (κ1) is 12.8. The summed E-state index contributed by atoms with van der Waals surface area (Å²) in [7, 11) is 0. The molecule has 0 fully saturated rings. The molecule has 2 aromatic rings. The van der Waals surface area contributed by atoms with E-state index >= 15 is 0 Å². The highest BCUT2D eigenvalue weighted by Crippen LogP contribution is 2.22. The minimum Gasteiger partial charge on any atom is -0.363 e. The standard InChI is InChI=1S/C14H16ClN3/c1-9-6-4-5-7-12(9)10(2)16-14-8-13(15)17-11(3)18-14/h4-8,10H,1-3H3,(H,16,17,18). The molecule has 1 aromatic heterocycles. The summed E-state index contributed by atoms with van der Waals surface area (Å²) in [6.07, 6.45) is 0. The van der Waals surface area contributed by atoms with Crippen LogP contribution in [0.5, 0.6) is 0 Å². The number of benzene rings is 1. The fourth-order valence-corrected chi connectivity index (χ4v) is 2.20. The third-order valence-corrected chi connectivity index (χ3v) is 3.02. The molecule has 1 N–H and O–H groups in total. The number of halogens is 1. The van der Waals surface area contributed by atoms with Gasteiger partial charge in [-0.3, -0.25) is 0 Å². The zero-order chi connectivity index (χ0) is 13.1. The molecule has 18 heavy (non-hydrogen) atoms. The van der Waals surface area contributed by atoms with Gasteiger partial charge in [0.25, 0.3) is 0 Å². The van der Waals surface area contributed by atoms with Gasteiger partial charge in [0.1, 0.15) is 16.8 Å². The van der Waals surface area contributed by atoms with Crippen LogP contribution in [0.15, 0.2) is 30.3 Å². The highest BCUT2D eigenvalue weighted by atomic mass is 35.5. The molecule has 0 saturated carbocycles. The number of rotatable bonds is 3. The normalized spacial score (nSPS) is 12.2. The van der Waals surface area contributed by atoms with Crippen molar-refractivity contribution in [3.63, 3.8) is 0 Å². The number of aryl methyl sites for hydroxylation is 2. The number of hydrogen-bond donors (Lipinski definition) is 1. The Balaban J connectivity index is 2.21. The first-order chi connectivity index (χ1) is 8.56. The second-order valence-electron chi connectivity index (χ2n) is 4.35. The van der Waals surface area contributed by atoms with Gasteiger partial charge in [-0.15, -0.1) is 0 Å². The van der Waals surface area contributed by atoms with Crippen molar-refractivity contribution in [3.8, 4) is 0 Å². The van der Waals surface area contributed by atoms with Crippen LogP contribution in [-0.2, 0) is 0 Å². The molecular weight excluding hydrogens is 246 g/mol. The first-order valence-electron chi connectivity index (χ1n) is 5.89. The van der Waals surface area contributed by atoms with E-state index in [-0.39, 0.29) is 6.04 Å². The minimum absolute atomic E-state index is 0.177. The maximum atomic E-state index is 5.92. The summed E-state index contributed by atoms with van der Waals surface area (Å²) in [5.74, 6) is 1.42. The lowest BCUT2D eigenvalue weighted by molar-refractivity contribution is 0.858. The molecule has 0 saturated heterocycles. The van der Waals surface area contributed by atoms with E-state index in [0.717, 1.165) is 5.82 Å². The second-order valence-corrected chi connectivity index (χ2v) is 4.73. The van der Waals surface area contributed by atoms with Crippen LogP contribution in [0.2, 0.25) is 5.15 Å². The quantitative estimate of drug-likeness (QED) is 0.851. The highest BCUT2D eigenvalue weighted by Gasteiger charge is 2.09. The smallest absolute Gasteiger partial charge is 0.134 e. The Bertz CT molecular complexity index is 534. The molecule has 1 atom stereocenters. The summed E-state index contributed by atoms with van der Waals surface area (Å²) in [6.45, 7) is 6.04. The van der Waals surface area contributed by atoms with Gasteiger partial charge >= 0.3 is 0 Å². The van der Waals surface area contributed by atoms with Crippen molar-refractivity contribution < 1.29 is 0 Å². The van der Waals surface area contributed by atoms with Gasteiger partial charge in [-0.25, -0.2) is 9.97 Å². The molecule has 0 spiro atoms. The third-order valence-electron chi connectivity index (χ3n) is 2.83. The molecule has 2 rings (SSSR count). The monoisotopic (exact) mass is 261 g/mol. The predicted octanol–water partition coefficient (Wildman–Crippen LogP) is 3.92. The largest absolute Gasteiger partial charge is 0.363 e. The van der Waals surface area contributed by atoms with Gasteiger partial charge in [0.05, 0.1) is 6.04 Å². The molecule has 0 aliphatic heterocycles. The fraction of sp³-hybridized carbons (Fsp3) is 0.286. The van der Waals surface area contributed by atoms with E-state index in [4.69, 9.17) is 11.6 Å². The van der Waals surface area contributed by atoms with E-state index in [1.807, 2.05) is 19.1 Å². The van der Waals surface area contributed by atoms with Crippen molar-refractivity contribution in [1.82, 2.24) is 9.97 Å². The van der Waals surface area contributed by atoms with Crippen LogP contribution in [0.1, 0.15) is 29.9 Å². The van der Waals surface area contributed by atoms with Crippen LogP contribution >= 0.6 is 11.6 Å². The summed E-state index contributed by atoms with van der Waals surface area (Å²) in [5.41, 5.74) is 2.51. The first-order valence-corrected chi connectivity index (χ1v) is 6.27. The Hall–Kier alpha value is -1.61. The van der Waals surface area contributed by atoms with Crippen molar-refractivity contribution in [3.05, 3.63) is 52.4 Å². The van der Waals surface area contributed by atoms with Gasteiger partial charge < -0.3 is 5.32 Å². The van der Waals surface area contributed by atoms with Crippen LogP contribution in [0.25, 0.3) is 0 Å². The van der Waals surface area contributed by atoms with Crippen molar-refractivity contribution in [2.45, 2.75) is 26.8 Å². The Morgan fingerprint density at radius 3 is 2.56 bits per heavy atom. The van der Waals surface area contributed by atoms with E-state index in [1.54, 1.807) is 6.07 Å². The van der Waals surface area contributed by atoms with E-state index in [9.17, 15) is 0 Å². The lowest BCUT2D eigenvalue weighted by Gasteiger charge is -2.17. The molecule has 0 radical (unpaired) electrons. The van der Waals surface area contributed by atoms with Gasteiger partial charge in [-0.2, -0.15) is 0 Å². The lowest BCUT2D eigenvalue weighted by atomic mass is 10.0. The molecule has 0 aliphatic rings. The summed E-state index contributed by atoms with van der Waals surface area (Å²) < 4.78 is 0. The average Bonchev–Trinajstić information content (AvgIpc) is 2.27. The van der Waals surface area contributed by atoms with Crippen LogP contribution in [0.4, 0.5) is 5.82 Å². The van der Waals surface area contributed by atoms with E-state index in [2.05, 4.69) is 41.3 Å². The van der Waals surface area contributed by atoms with E-state index < -0.39 is 0 Å². The Morgan fingerprint density at radius 1 is 1.17 bits per heavy atom. The van der Waals surface area contributed by atoms with Crippen LogP contribution in [0, 0.1) is 13.8 Å². The zero-order valence-electron chi connectivity index (χ0n) is 10.7. The SMILES string of the molecule is Cc1nc(Cl)cc(NC(C)c2ccccc2C)n1. The van der Waals surface area contributed by atoms with Crippen molar-refractivity contribution in [2.75, 3.05) is 5.32 Å². The van der Waals surface area contributed by atoms with Crippen LogP contribution in [-0.4, -0.2) is 9.97 Å². The molecule has 1 aromatic carbocycles. The van der Waals surface area contributed by atoms with Crippen molar-refractivity contribution >= 4 is 17.4 Å².